The van der Waals surface area contributed by atoms with Crippen LogP contribution in [0.1, 0.15) is 27.4 Å². The minimum Gasteiger partial charge on any atom is -0.335 e. The second-order valence-electron chi connectivity index (χ2n) is 7.67. The molecule has 0 saturated carbocycles. The van der Waals surface area contributed by atoms with Crippen LogP contribution in [0.5, 0.6) is 0 Å². The first-order valence-corrected chi connectivity index (χ1v) is 11.1. The van der Waals surface area contributed by atoms with E-state index in [4.69, 9.17) is 34.8 Å². The highest BCUT2D eigenvalue weighted by Crippen LogP contribution is 2.23. The van der Waals surface area contributed by atoms with Gasteiger partial charge in [-0.25, -0.2) is 4.68 Å². The molecule has 1 saturated heterocycles. The van der Waals surface area contributed by atoms with E-state index in [2.05, 4.69) is 15.1 Å². The summed E-state index contributed by atoms with van der Waals surface area (Å²) in [7, 11) is 0. The maximum absolute atomic E-state index is 12.9. The van der Waals surface area contributed by atoms with Gasteiger partial charge in [-0.15, -0.1) is 0 Å². The summed E-state index contributed by atoms with van der Waals surface area (Å²) in [5.74, 6) is -0.0608. The van der Waals surface area contributed by atoms with Crippen molar-refractivity contribution in [1.29, 1.82) is 0 Å². The van der Waals surface area contributed by atoms with Crippen molar-refractivity contribution in [3.05, 3.63) is 68.2 Å². The molecule has 0 atom stereocenters. The normalized spacial score (nSPS) is 14.9. The molecule has 3 aromatic rings. The Morgan fingerprint density at radius 1 is 1.03 bits per heavy atom. The Labute approximate surface area is 196 Å². The maximum atomic E-state index is 12.9. The zero-order chi connectivity index (χ0) is 22.1. The smallest absolute Gasteiger partial charge is 0.274 e. The third-order valence-corrected chi connectivity index (χ3v) is 6.63. The van der Waals surface area contributed by atoms with Gasteiger partial charge in [0.1, 0.15) is 12.4 Å². The predicted octanol–water partition coefficient (Wildman–Crippen LogP) is 4.12. The van der Waals surface area contributed by atoms with Gasteiger partial charge in [-0.2, -0.15) is 10.2 Å². The van der Waals surface area contributed by atoms with E-state index >= 15 is 0 Å². The third kappa shape index (κ3) is 4.90. The third-order valence-electron chi connectivity index (χ3n) is 5.50. The van der Waals surface area contributed by atoms with Crippen molar-refractivity contribution in [2.75, 3.05) is 26.2 Å². The molecule has 1 amide bonds. The number of carbonyl (C=O) groups excluding carboxylic acids is 1. The highest BCUT2D eigenvalue weighted by Gasteiger charge is 2.24. The fourth-order valence-electron chi connectivity index (χ4n) is 3.67. The molecule has 1 aliphatic rings. The number of hydrogen-bond acceptors (Lipinski definition) is 4. The minimum absolute atomic E-state index is 0.0608. The van der Waals surface area contributed by atoms with Gasteiger partial charge in [0, 0.05) is 49.0 Å². The quantitative estimate of drug-likeness (QED) is 0.550. The number of amides is 1. The van der Waals surface area contributed by atoms with Crippen LogP contribution in [0.2, 0.25) is 15.1 Å². The van der Waals surface area contributed by atoms with E-state index in [9.17, 15) is 4.79 Å². The summed E-state index contributed by atoms with van der Waals surface area (Å²) in [5, 5.41) is 10.8. The number of aromatic nitrogens is 4. The number of aryl methyl sites for hydroxylation is 1. The molecule has 2 aromatic heterocycles. The summed E-state index contributed by atoms with van der Waals surface area (Å²) in [6.07, 6.45) is 1.79. The second-order valence-corrected chi connectivity index (χ2v) is 8.89. The lowest BCUT2D eigenvalue weighted by molar-refractivity contribution is 0.0621. The Morgan fingerprint density at radius 2 is 1.77 bits per heavy atom. The molecule has 0 N–H and O–H groups in total. The molecule has 0 unspecified atom stereocenters. The molecular formula is C21H23Cl3N6O. The lowest BCUT2D eigenvalue weighted by atomic mass is 10.2. The number of halogens is 3. The highest BCUT2D eigenvalue weighted by molar-refractivity contribution is 6.35. The summed E-state index contributed by atoms with van der Waals surface area (Å²) < 4.78 is 3.47. The monoisotopic (exact) mass is 480 g/mol. The van der Waals surface area contributed by atoms with Gasteiger partial charge >= 0.3 is 0 Å². The Morgan fingerprint density at radius 3 is 2.42 bits per heavy atom. The Hall–Kier alpha value is -2.06. The maximum Gasteiger partial charge on any atom is 0.274 e. The molecule has 0 aliphatic carbocycles. The van der Waals surface area contributed by atoms with E-state index in [1.165, 1.54) is 0 Å². The molecule has 31 heavy (non-hydrogen) atoms. The molecule has 4 rings (SSSR count). The zero-order valence-corrected chi connectivity index (χ0v) is 19.6. The van der Waals surface area contributed by atoms with Crippen LogP contribution in [-0.4, -0.2) is 61.4 Å². The molecule has 7 nitrogen and oxygen atoms in total. The van der Waals surface area contributed by atoms with Gasteiger partial charge in [0.05, 0.1) is 16.4 Å². The van der Waals surface area contributed by atoms with Crippen molar-refractivity contribution >= 4 is 40.7 Å². The predicted molar refractivity (Wildman–Crippen MR) is 122 cm³/mol. The number of rotatable bonds is 5. The van der Waals surface area contributed by atoms with E-state index in [0.29, 0.717) is 40.5 Å². The average Bonchev–Trinajstić information content (AvgIpc) is 3.31. The molecule has 164 valence electrons. The second kappa shape index (κ2) is 9.20. The van der Waals surface area contributed by atoms with E-state index in [-0.39, 0.29) is 5.91 Å². The number of piperazine rings is 1. The topological polar surface area (TPSA) is 59.2 Å². The van der Waals surface area contributed by atoms with Gasteiger partial charge in [-0.1, -0.05) is 40.9 Å². The van der Waals surface area contributed by atoms with Crippen molar-refractivity contribution < 1.29 is 4.79 Å². The SMILES string of the molecule is Cc1nn(Cn2ccc(C(=O)N3CCN(Cc4ccc(Cl)cc4Cl)CC3)n2)c(C)c1Cl. The molecule has 0 spiro atoms. The first-order chi connectivity index (χ1) is 14.8. The Kier molecular flexibility index (Phi) is 6.57. The standard InChI is InChI=1S/C21H23Cl3N6O/c1-14-20(24)15(2)30(25-14)13-29-6-5-19(26-29)21(31)28-9-7-27(8-10-28)12-16-3-4-17(22)11-18(16)23/h3-6,11H,7-10,12-13H2,1-2H3. The first-order valence-electron chi connectivity index (χ1n) is 10.0. The number of carbonyl (C=O) groups is 1. The molecule has 0 radical (unpaired) electrons. The van der Waals surface area contributed by atoms with Crippen molar-refractivity contribution in [2.24, 2.45) is 0 Å². The van der Waals surface area contributed by atoms with Crippen LogP contribution in [0.3, 0.4) is 0 Å². The van der Waals surface area contributed by atoms with Crippen molar-refractivity contribution in [1.82, 2.24) is 29.4 Å². The van der Waals surface area contributed by atoms with Crippen LogP contribution in [-0.2, 0) is 13.2 Å². The minimum atomic E-state index is -0.0608. The van der Waals surface area contributed by atoms with Crippen molar-refractivity contribution in [3.63, 3.8) is 0 Å². The molecule has 10 heteroatoms. The van der Waals surface area contributed by atoms with Crippen molar-refractivity contribution in [3.8, 4) is 0 Å². The Bertz CT molecular complexity index is 1100. The van der Waals surface area contributed by atoms with Crippen LogP contribution >= 0.6 is 34.8 Å². The lowest BCUT2D eigenvalue weighted by Gasteiger charge is -2.34. The van der Waals surface area contributed by atoms with Crippen molar-refractivity contribution in [2.45, 2.75) is 27.1 Å². The highest BCUT2D eigenvalue weighted by atomic mass is 35.5. The zero-order valence-electron chi connectivity index (χ0n) is 17.4. The van der Waals surface area contributed by atoms with Crippen LogP contribution in [0.25, 0.3) is 0 Å². The molecule has 1 aromatic carbocycles. The average molecular weight is 482 g/mol. The molecule has 0 bridgehead atoms. The van der Waals surface area contributed by atoms with Crippen LogP contribution in [0.15, 0.2) is 30.5 Å². The molecule has 1 fully saturated rings. The van der Waals surface area contributed by atoms with Gasteiger partial charge in [0.15, 0.2) is 0 Å². The van der Waals surface area contributed by atoms with Gasteiger partial charge < -0.3 is 4.90 Å². The summed E-state index contributed by atoms with van der Waals surface area (Å²) in [6, 6.07) is 7.30. The molecule has 3 heterocycles. The number of benzene rings is 1. The summed E-state index contributed by atoms with van der Waals surface area (Å²) in [5.41, 5.74) is 3.12. The van der Waals surface area contributed by atoms with Gasteiger partial charge in [-0.05, 0) is 37.6 Å². The lowest BCUT2D eigenvalue weighted by Crippen LogP contribution is -2.48. The van der Waals surface area contributed by atoms with E-state index in [1.807, 2.05) is 30.9 Å². The van der Waals surface area contributed by atoms with Crippen LogP contribution in [0.4, 0.5) is 0 Å². The molecular weight excluding hydrogens is 459 g/mol. The van der Waals surface area contributed by atoms with Gasteiger partial charge in [0.2, 0.25) is 0 Å². The van der Waals surface area contributed by atoms with E-state index < -0.39 is 0 Å². The molecule has 1 aliphatic heterocycles. The fourth-order valence-corrected chi connectivity index (χ4v) is 4.27. The van der Waals surface area contributed by atoms with Gasteiger partial charge in [0.25, 0.3) is 5.91 Å². The van der Waals surface area contributed by atoms with Gasteiger partial charge in [-0.3, -0.25) is 14.4 Å². The first kappa shape index (κ1) is 22.1. The summed E-state index contributed by atoms with van der Waals surface area (Å²) >= 11 is 18.5. The van der Waals surface area contributed by atoms with E-state index in [0.717, 1.165) is 36.6 Å². The summed E-state index contributed by atoms with van der Waals surface area (Å²) in [6.45, 7) is 7.75. The van der Waals surface area contributed by atoms with Crippen LogP contribution in [0, 0.1) is 13.8 Å². The largest absolute Gasteiger partial charge is 0.335 e. The summed E-state index contributed by atoms with van der Waals surface area (Å²) in [4.78, 5) is 17.0. The number of hydrogen-bond donors (Lipinski definition) is 0. The fraction of sp³-hybridized carbons (Fsp3) is 0.381. The van der Waals surface area contributed by atoms with Crippen LogP contribution < -0.4 is 0 Å². The van der Waals surface area contributed by atoms with E-state index in [1.54, 1.807) is 27.7 Å². The number of nitrogens with zero attached hydrogens (tertiary/aromatic N) is 6. The Balaban J connectivity index is 1.34.